The summed E-state index contributed by atoms with van der Waals surface area (Å²) in [5, 5.41) is 16.7. The predicted molar refractivity (Wildman–Crippen MR) is 125 cm³/mol. The van der Waals surface area contributed by atoms with E-state index in [9.17, 15) is 26.3 Å². The Balaban J connectivity index is 2.04. The Hall–Kier alpha value is -2.57. The third-order valence-electron chi connectivity index (χ3n) is 4.71. The molecule has 2 rings (SSSR count). The van der Waals surface area contributed by atoms with E-state index in [1.807, 2.05) is 0 Å². The van der Waals surface area contributed by atoms with Crippen LogP contribution in [0.5, 0.6) is 5.75 Å². The van der Waals surface area contributed by atoms with Crippen molar-refractivity contribution in [3.63, 3.8) is 0 Å². The number of aryl methyl sites for hydroxylation is 1. The van der Waals surface area contributed by atoms with E-state index in [4.69, 9.17) is 15.6 Å². The van der Waals surface area contributed by atoms with Crippen molar-refractivity contribution in [2.24, 2.45) is 15.9 Å². The lowest BCUT2D eigenvalue weighted by Gasteiger charge is -2.15. The van der Waals surface area contributed by atoms with E-state index < -0.39 is 29.5 Å². The zero-order valence-electron chi connectivity index (χ0n) is 18.7. The van der Waals surface area contributed by atoms with E-state index in [1.54, 1.807) is 12.3 Å². The maximum absolute atomic E-state index is 13.6. The number of thioether (sulfide) groups is 1. The lowest BCUT2D eigenvalue weighted by atomic mass is 10.1. The third-order valence-corrected chi connectivity index (χ3v) is 5.42. The van der Waals surface area contributed by atoms with Gasteiger partial charge in [0.2, 0.25) is 0 Å². The minimum Gasteiger partial charge on any atom is -0.493 e. The van der Waals surface area contributed by atoms with E-state index in [0.717, 1.165) is 30.0 Å². The van der Waals surface area contributed by atoms with Crippen molar-refractivity contribution in [3.05, 3.63) is 64.7 Å². The first kappa shape index (κ1) is 28.7. The summed E-state index contributed by atoms with van der Waals surface area (Å²) in [4.78, 5) is 0. The lowest BCUT2D eigenvalue weighted by molar-refractivity contribution is -0.139. The summed E-state index contributed by atoms with van der Waals surface area (Å²) >= 11 is 1.09. The molecule has 0 aliphatic rings. The predicted octanol–water partition coefficient (Wildman–Crippen LogP) is 5.54. The summed E-state index contributed by atoms with van der Waals surface area (Å²) in [5.74, 6) is -0.355. The molecule has 0 aliphatic carbocycles. The number of unbranched alkanes of at least 4 members (excludes halogenated alkanes) is 1. The van der Waals surface area contributed by atoms with Crippen molar-refractivity contribution in [2.45, 2.75) is 37.7 Å². The van der Waals surface area contributed by atoms with E-state index in [1.165, 1.54) is 24.4 Å². The van der Waals surface area contributed by atoms with E-state index in [-0.39, 0.29) is 29.6 Å². The third kappa shape index (κ3) is 9.19. The van der Waals surface area contributed by atoms with Crippen LogP contribution < -0.4 is 10.5 Å². The van der Waals surface area contributed by atoms with Gasteiger partial charge < -0.3 is 15.6 Å². The van der Waals surface area contributed by atoms with Crippen LogP contribution in [-0.4, -0.2) is 41.9 Å². The van der Waals surface area contributed by atoms with Gasteiger partial charge >= 0.3 is 12.4 Å². The molecule has 0 heterocycles. The molecule has 0 aromatic heterocycles. The van der Waals surface area contributed by atoms with Crippen molar-refractivity contribution in [2.75, 3.05) is 19.5 Å². The number of hydrogen-bond acceptors (Lipinski definition) is 6. The molecular weight excluding hydrogens is 496 g/mol. The van der Waals surface area contributed by atoms with Crippen molar-refractivity contribution >= 4 is 23.0 Å². The van der Waals surface area contributed by atoms with Gasteiger partial charge in [-0.1, -0.05) is 18.2 Å². The number of halogens is 6. The highest BCUT2D eigenvalue weighted by Gasteiger charge is 2.35. The van der Waals surface area contributed by atoms with Gasteiger partial charge in [-0.3, -0.25) is 0 Å². The Morgan fingerprint density at radius 2 is 1.83 bits per heavy atom. The quantitative estimate of drug-likeness (QED) is 0.141. The van der Waals surface area contributed by atoms with Gasteiger partial charge in [0.15, 0.2) is 0 Å². The van der Waals surface area contributed by atoms with Crippen LogP contribution in [0, 0.1) is 0 Å². The van der Waals surface area contributed by atoms with Crippen LogP contribution in [0.1, 0.15) is 35.1 Å². The van der Waals surface area contributed by atoms with Gasteiger partial charge in [0, 0.05) is 11.8 Å². The number of nitrogens with two attached hydrogens (primary N) is 1. The Labute approximate surface area is 203 Å². The summed E-state index contributed by atoms with van der Waals surface area (Å²) in [5.41, 5.74) is 4.43. The minimum atomic E-state index is -4.69. The molecule has 12 heteroatoms. The summed E-state index contributed by atoms with van der Waals surface area (Å²) in [7, 11) is 0. The number of rotatable bonds is 10. The molecule has 0 fully saturated rings. The molecule has 1 unspecified atom stereocenters. The topological polar surface area (TPSA) is 80.2 Å². The zero-order chi connectivity index (χ0) is 26.1. The second-order valence-corrected chi connectivity index (χ2v) is 8.23. The van der Waals surface area contributed by atoms with Crippen LogP contribution in [0.3, 0.4) is 0 Å². The van der Waals surface area contributed by atoms with Gasteiger partial charge in [0.05, 0.1) is 30.4 Å². The average molecular weight is 522 g/mol. The molecule has 3 N–H and O–H groups in total. The van der Waals surface area contributed by atoms with Crippen molar-refractivity contribution < 1.29 is 36.2 Å². The van der Waals surface area contributed by atoms with Crippen LogP contribution in [-0.2, 0) is 18.8 Å². The first-order chi connectivity index (χ1) is 16.5. The molecule has 0 amide bonds. The highest BCUT2D eigenvalue weighted by molar-refractivity contribution is 8.13. The second-order valence-electron chi connectivity index (χ2n) is 7.43. The van der Waals surface area contributed by atoms with Gasteiger partial charge in [-0.15, -0.1) is 16.9 Å². The van der Waals surface area contributed by atoms with Crippen LogP contribution in [0.25, 0.3) is 0 Å². The Morgan fingerprint density at radius 3 is 2.46 bits per heavy atom. The number of alkyl halides is 6. The van der Waals surface area contributed by atoms with Gasteiger partial charge in [0.1, 0.15) is 10.8 Å². The maximum atomic E-state index is 13.6. The molecule has 5 nitrogen and oxygen atoms in total. The molecular formula is C23H25F6N3O2S. The number of ether oxygens (including phenoxy) is 1. The molecule has 0 saturated carbocycles. The number of aliphatic hydroxyl groups excluding tert-OH is 1. The zero-order valence-corrected chi connectivity index (χ0v) is 19.6. The van der Waals surface area contributed by atoms with Gasteiger partial charge in [-0.25, -0.2) is 0 Å². The highest BCUT2D eigenvalue weighted by Crippen LogP contribution is 2.37. The summed E-state index contributed by atoms with van der Waals surface area (Å²) < 4.78 is 84.7. The van der Waals surface area contributed by atoms with E-state index in [2.05, 4.69) is 10.2 Å². The van der Waals surface area contributed by atoms with Crippen LogP contribution >= 0.6 is 11.8 Å². The fraction of sp³-hybridized carbons (Fsp3) is 0.391. The van der Waals surface area contributed by atoms with Crippen molar-refractivity contribution in [1.29, 1.82) is 0 Å². The van der Waals surface area contributed by atoms with Crippen molar-refractivity contribution in [1.82, 2.24) is 0 Å². The lowest BCUT2D eigenvalue weighted by Crippen LogP contribution is -2.25. The monoisotopic (exact) mass is 521 g/mol. The number of nitrogens with zero attached hydrogens (tertiary/aromatic N) is 2. The molecule has 0 aliphatic heterocycles. The smallest absolute Gasteiger partial charge is 0.419 e. The molecule has 1 atom stereocenters. The van der Waals surface area contributed by atoms with Crippen LogP contribution in [0.15, 0.2) is 52.7 Å². The molecule has 192 valence electrons. The fourth-order valence-electron chi connectivity index (χ4n) is 2.96. The summed E-state index contributed by atoms with van der Waals surface area (Å²) in [6.45, 7) is -0.383. The van der Waals surface area contributed by atoms with Gasteiger partial charge in [0.25, 0.3) is 0 Å². The molecule has 0 spiro atoms. The van der Waals surface area contributed by atoms with Gasteiger partial charge in [-0.2, -0.15) is 31.4 Å². The number of benzene rings is 2. The number of hydrogen-bond donors (Lipinski definition) is 2. The average Bonchev–Trinajstić information content (AvgIpc) is 2.80. The second kappa shape index (κ2) is 12.9. The van der Waals surface area contributed by atoms with E-state index in [0.29, 0.717) is 24.8 Å². The largest absolute Gasteiger partial charge is 0.493 e. The highest BCUT2D eigenvalue weighted by atomic mass is 32.2. The maximum Gasteiger partial charge on any atom is 0.419 e. The Kier molecular flexibility index (Phi) is 10.6. The standard InChI is InChI=1S/C23H25F6N3O2S/c1-35-21(32-31-13-18(30)14-33)16-8-9-20(19(12-16)23(27,28)29)34-10-3-2-5-15-6-4-7-17(11-15)22(24,25)26/h4,6-9,11-13,18,33H,2-3,5,10,14,30H2,1H3/b31-13+,32-21-. The molecule has 0 radical (unpaired) electrons. The first-order valence-electron chi connectivity index (χ1n) is 10.5. The summed E-state index contributed by atoms with van der Waals surface area (Å²) in [6.07, 6.45) is -5.18. The molecule has 35 heavy (non-hydrogen) atoms. The van der Waals surface area contributed by atoms with Crippen LogP contribution in [0.2, 0.25) is 0 Å². The van der Waals surface area contributed by atoms with Crippen molar-refractivity contribution in [3.8, 4) is 5.75 Å². The van der Waals surface area contributed by atoms with Crippen LogP contribution in [0.4, 0.5) is 26.3 Å². The minimum absolute atomic E-state index is 0.0335. The first-order valence-corrected chi connectivity index (χ1v) is 11.7. The number of aliphatic hydroxyl groups is 1. The Bertz CT molecular complexity index is 1030. The fourth-order valence-corrected chi connectivity index (χ4v) is 3.45. The molecule has 2 aromatic rings. The summed E-state index contributed by atoms with van der Waals surface area (Å²) in [6, 6.07) is 7.73. The normalized spacial score (nSPS) is 13.9. The molecule has 0 bridgehead atoms. The Morgan fingerprint density at radius 1 is 1.09 bits per heavy atom. The van der Waals surface area contributed by atoms with E-state index >= 15 is 0 Å². The van der Waals surface area contributed by atoms with Gasteiger partial charge in [-0.05, 0) is 55.3 Å². The molecule has 0 saturated heterocycles. The molecule has 2 aromatic carbocycles. The SMILES string of the molecule is CS/C(=N\N=C\C(N)CO)c1ccc(OCCCCc2cccc(C(F)(F)F)c2)c(C(F)(F)F)c1.